The lowest BCUT2D eigenvalue weighted by Gasteiger charge is -2.11. The van der Waals surface area contributed by atoms with Crippen LogP contribution in [0.3, 0.4) is 0 Å². The number of ether oxygens (including phenoxy) is 2. The van der Waals surface area contributed by atoms with Crippen molar-refractivity contribution in [3.63, 3.8) is 0 Å². The van der Waals surface area contributed by atoms with Gasteiger partial charge in [-0.2, -0.15) is 0 Å². The topological polar surface area (TPSA) is 65.4 Å². The molecule has 1 heterocycles. The van der Waals surface area contributed by atoms with Gasteiger partial charge in [-0.15, -0.1) is 0 Å². The fourth-order valence-electron chi connectivity index (χ4n) is 3.66. The highest BCUT2D eigenvalue weighted by Gasteiger charge is 2.12. The summed E-state index contributed by atoms with van der Waals surface area (Å²) >= 11 is 5.93. The summed E-state index contributed by atoms with van der Waals surface area (Å²) < 4.78 is 13.2. The van der Waals surface area contributed by atoms with Crippen LogP contribution in [0.25, 0.3) is 11.0 Å². The van der Waals surface area contributed by atoms with Crippen molar-refractivity contribution in [2.24, 2.45) is 0 Å². The van der Waals surface area contributed by atoms with Gasteiger partial charge in [0.1, 0.15) is 17.3 Å². The van der Waals surface area contributed by atoms with Crippen LogP contribution in [0.2, 0.25) is 5.02 Å². The average Bonchev–Trinajstić information content (AvgIpc) is 3.20. The number of hydrogen-bond acceptors (Lipinski definition) is 4. The maximum atomic E-state index is 12.5. The lowest BCUT2D eigenvalue weighted by molar-refractivity contribution is 0.0953. The van der Waals surface area contributed by atoms with Crippen molar-refractivity contribution < 1.29 is 14.3 Å². The Morgan fingerprint density at radius 2 is 1.85 bits per heavy atom. The Morgan fingerprint density at radius 3 is 2.67 bits per heavy atom. The second kappa shape index (κ2) is 10.9. The number of rotatable bonds is 10. The number of methoxy groups -OCH3 is 1. The Hall–Kier alpha value is -3.51. The minimum Gasteiger partial charge on any atom is -0.497 e. The van der Waals surface area contributed by atoms with Crippen molar-refractivity contribution in [1.29, 1.82) is 0 Å². The molecule has 0 aliphatic rings. The summed E-state index contributed by atoms with van der Waals surface area (Å²) in [4.78, 5) is 17.3. The first-order valence-corrected chi connectivity index (χ1v) is 11.3. The normalized spacial score (nSPS) is 10.8. The molecule has 1 N–H and O–H groups in total. The number of hydrogen-bond donors (Lipinski definition) is 1. The Balaban J connectivity index is 1.37. The van der Waals surface area contributed by atoms with Crippen LogP contribution in [0.15, 0.2) is 72.8 Å². The summed E-state index contributed by atoms with van der Waals surface area (Å²) in [5, 5.41) is 3.67. The third-order valence-corrected chi connectivity index (χ3v) is 5.56. The van der Waals surface area contributed by atoms with Crippen molar-refractivity contribution in [3.05, 3.63) is 89.2 Å². The summed E-state index contributed by atoms with van der Waals surface area (Å²) in [6, 6.07) is 22.6. The maximum Gasteiger partial charge on any atom is 0.251 e. The van der Waals surface area contributed by atoms with E-state index in [4.69, 9.17) is 26.1 Å². The molecule has 1 amide bonds. The largest absolute Gasteiger partial charge is 0.497 e. The lowest BCUT2D eigenvalue weighted by Crippen LogP contribution is -2.26. The number of imidazole rings is 1. The number of nitrogens with one attached hydrogen (secondary N) is 1. The molecule has 6 nitrogen and oxygen atoms in total. The molecule has 0 aliphatic carbocycles. The van der Waals surface area contributed by atoms with Gasteiger partial charge in [-0.3, -0.25) is 4.79 Å². The molecule has 1 aromatic heterocycles. The molecular weight excluding hydrogens is 438 g/mol. The Labute approximate surface area is 198 Å². The number of nitrogens with zero attached hydrogens (tertiary/aromatic N) is 2. The van der Waals surface area contributed by atoms with Crippen LogP contribution in [0, 0.1) is 0 Å². The first-order valence-electron chi connectivity index (χ1n) is 10.9. The monoisotopic (exact) mass is 463 g/mol. The molecule has 0 unspecified atom stereocenters. The van der Waals surface area contributed by atoms with E-state index in [1.54, 1.807) is 25.3 Å². The lowest BCUT2D eigenvalue weighted by atomic mass is 10.2. The molecule has 33 heavy (non-hydrogen) atoms. The number of aromatic nitrogens is 2. The van der Waals surface area contributed by atoms with Crippen LogP contribution in [0.4, 0.5) is 0 Å². The van der Waals surface area contributed by atoms with E-state index >= 15 is 0 Å². The Kier molecular flexibility index (Phi) is 7.47. The van der Waals surface area contributed by atoms with Crippen LogP contribution in [-0.2, 0) is 13.0 Å². The SMILES string of the molecule is COc1cccc(C(=O)NCCc2nc3ccccc3n2CCCOc2ccc(Cl)cc2)c1. The van der Waals surface area contributed by atoms with Gasteiger partial charge < -0.3 is 19.4 Å². The van der Waals surface area contributed by atoms with Gasteiger partial charge in [-0.1, -0.05) is 29.8 Å². The number of carbonyl (C=O) groups is 1. The van der Waals surface area contributed by atoms with E-state index in [-0.39, 0.29) is 5.91 Å². The molecule has 4 rings (SSSR count). The van der Waals surface area contributed by atoms with Crippen molar-refractivity contribution in [2.45, 2.75) is 19.4 Å². The summed E-state index contributed by atoms with van der Waals surface area (Å²) in [6.45, 7) is 1.84. The van der Waals surface area contributed by atoms with Crippen molar-refractivity contribution in [2.75, 3.05) is 20.3 Å². The van der Waals surface area contributed by atoms with E-state index in [1.807, 2.05) is 48.5 Å². The third kappa shape index (κ3) is 5.84. The van der Waals surface area contributed by atoms with Crippen LogP contribution < -0.4 is 14.8 Å². The summed E-state index contributed by atoms with van der Waals surface area (Å²) in [7, 11) is 1.59. The molecule has 0 radical (unpaired) electrons. The summed E-state index contributed by atoms with van der Waals surface area (Å²) in [5.74, 6) is 2.27. The number of carbonyl (C=O) groups excluding carboxylic acids is 1. The Bertz CT molecular complexity index is 1220. The molecule has 0 aliphatic heterocycles. The van der Waals surface area contributed by atoms with Crippen LogP contribution in [0.1, 0.15) is 22.6 Å². The molecule has 0 atom stereocenters. The predicted molar refractivity (Wildman–Crippen MR) is 130 cm³/mol. The van der Waals surface area contributed by atoms with Gasteiger partial charge in [0.05, 0.1) is 24.8 Å². The molecular formula is C26H26ClN3O3. The molecule has 170 valence electrons. The third-order valence-electron chi connectivity index (χ3n) is 5.31. The molecule has 3 aromatic carbocycles. The molecule has 4 aromatic rings. The van der Waals surface area contributed by atoms with E-state index in [2.05, 4.69) is 16.0 Å². The van der Waals surface area contributed by atoms with E-state index in [9.17, 15) is 4.79 Å². The first kappa shape index (κ1) is 22.7. The molecule has 0 fully saturated rings. The van der Waals surface area contributed by atoms with Gasteiger partial charge >= 0.3 is 0 Å². The van der Waals surface area contributed by atoms with Gasteiger partial charge in [0.2, 0.25) is 0 Å². The fourth-order valence-corrected chi connectivity index (χ4v) is 3.79. The predicted octanol–water partition coefficient (Wildman–Crippen LogP) is 5.14. The second-order valence-electron chi connectivity index (χ2n) is 7.56. The zero-order chi connectivity index (χ0) is 23.0. The first-order chi connectivity index (χ1) is 16.1. The molecule has 0 saturated heterocycles. The molecule has 0 saturated carbocycles. The van der Waals surface area contributed by atoms with Gasteiger partial charge in [-0.25, -0.2) is 4.98 Å². The smallest absolute Gasteiger partial charge is 0.251 e. The van der Waals surface area contributed by atoms with Crippen LogP contribution in [-0.4, -0.2) is 35.7 Å². The van der Waals surface area contributed by atoms with E-state index in [0.717, 1.165) is 35.6 Å². The standard InChI is InChI=1S/C26H26ClN3O3/c1-32-22-7-4-6-19(18-22)26(31)28-15-14-25-29-23-8-2-3-9-24(23)30(25)16-5-17-33-21-12-10-20(27)11-13-21/h2-4,6-13,18H,5,14-17H2,1H3,(H,28,31). The number of benzene rings is 3. The summed E-state index contributed by atoms with van der Waals surface area (Å²) in [6.07, 6.45) is 1.45. The van der Waals surface area contributed by atoms with Crippen LogP contribution >= 0.6 is 11.6 Å². The highest BCUT2D eigenvalue weighted by molar-refractivity contribution is 6.30. The van der Waals surface area contributed by atoms with Crippen molar-refractivity contribution in [3.8, 4) is 11.5 Å². The average molecular weight is 464 g/mol. The Morgan fingerprint density at radius 1 is 1.03 bits per heavy atom. The van der Waals surface area contributed by atoms with Crippen molar-refractivity contribution >= 4 is 28.5 Å². The zero-order valence-electron chi connectivity index (χ0n) is 18.5. The van der Waals surface area contributed by atoms with Gasteiger partial charge in [0.15, 0.2) is 0 Å². The second-order valence-corrected chi connectivity index (χ2v) is 8.00. The van der Waals surface area contributed by atoms with E-state index in [1.165, 1.54) is 0 Å². The molecule has 0 bridgehead atoms. The van der Waals surface area contributed by atoms with Gasteiger partial charge in [0, 0.05) is 30.1 Å². The number of fused-ring (bicyclic) bond motifs is 1. The van der Waals surface area contributed by atoms with Gasteiger partial charge in [0.25, 0.3) is 5.91 Å². The van der Waals surface area contributed by atoms with Crippen molar-refractivity contribution in [1.82, 2.24) is 14.9 Å². The molecule has 0 spiro atoms. The minimum atomic E-state index is -0.132. The highest BCUT2D eigenvalue weighted by atomic mass is 35.5. The number of para-hydroxylation sites is 2. The fraction of sp³-hybridized carbons (Fsp3) is 0.231. The minimum absolute atomic E-state index is 0.132. The quantitative estimate of drug-likeness (QED) is 0.331. The molecule has 7 heteroatoms. The number of halogens is 1. The number of aryl methyl sites for hydroxylation is 1. The number of amides is 1. The van der Waals surface area contributed by atoms with E-state index in [0.29, 0.717) is 35.9 Å². The zero-order valence-corrected chi connectivity index (χ0v) is 19.2. The maximum absolute atomic E-state index is 12.5. The van der Waals surface area contributed by atoms with Crippen LogP contribution in [0.5, 0.6) is 11.5 Å². The van der Waals surface area contributed by atoms with Gasteiger partial charge in [-0.05, 0) is 61.0 Å². The summed E-state index contributed by atoms with van der Waals surface area (Å²) in [5.41, 5.74) is 2.60. The highest BCUT2D eigenvalue weighted by Crippen LogP contribution is 2.19. The van der Waals surface area contributed by atoms with E-state index < -0.39 is 0 Å².